The van der Waals surface area contributed by atoms with Gasteiger partial charge < -0.3 is 10.1 Å². The van der Waals surface area contributed by atoms with Crippen LogP contribution in [0.1, 0.15) is 12.0 Å². The maximum absolute atomic E-state index is 10.6. The molecule has 0 aliphatic carbocycles. The minimum absolute atomic E-state index is 0.0278. The standard InChI is InChI=1S/C10H12BrClN2O.C7H8O3S/c11-9-3-8(5-14-10(9)12)15-6-7-1-2-13-4-7;1-6-4-2-3-5-7(6)11(8,9)10/h3,5,7,13H,1-2,4,6H2;2-5H,1H3,(H,8,9,10). The summed E-state index contributed by atoms with van der Waals surface area (Å²) in [4.78, 5) is 3.97. The predicted octanol–water partition coefficient (Wildman–Crippen LogP) is 3.73. The van der Waals surface area contributed by atoms with E-state index in [0.29, 0.717) is 16.6 Å². The number of rotatable bonds is 4. The van der Waals surface area contributed by atoms with Crippen molar-refractivity contribution in [1.82, 2.24) is 10.3 Å². The van der Waals surface area contributed by atoms with Crippen LogP contribution in [-0.4, -0.2) is 37.7 Å². The van der Waals surface area contributed by atoms with Crippen molar-refractivity contribution in [3.63, 3.8) is 0 Å². The zero-order chi connectivity index (χ0) is 19.2. The van der Waals surface area contributed by atoms with Crippen molar-refractivity contribution in [1.29, 1.82) is 0 Å². The molecule has 1 fully saturated rings. The number of aryl methyl sites for hydroxylation is 1. The molecular formula is C17H20BrClN2O4S. The Hall–Kier alpha value is -1.19. The maximum atomic E-state index is 10.6. The highest BCUT2D eigenvalue weighted by molar-refractivity contribution is 9.10. The summed E-state index contributed by atoms with van der Waals surface area (Å²) >= 11 is 9.10. The van der Waals surface area contributed by atoms with Gasteiger partial charge in [0.2, 0.25) is 0 Å². The van der Waals surface area contributed by atoms with Gasteiger partial charge in [0.05, 0.1) is 22.2 Å². The van der Waals surface area contributed by atoms with Gasteiger partial charge in [-0.25, -0.2) is 4.98 Å². The van der Waals surface area contributed by atoms with Gasteiger partial charge in [-0.1, -0.05) is 29.8 Å². The molecule has 26 heavy (non-hydrogen) atoms. The molecule has 0 amide bonds. The fourth-order valence-corrected chi connectivity index (χ4v) is 3.56. The molecule has 1 atom stereocenters. The second-order valence-electron chi connectivity index (χ2n) is 5.85. The summed E-state index contributed by atoms with van der Waals surface area (Å²) in [6, 6.07) is 8.12. The average Bonchev–Trinajstić information content (AvgIpc) is 3.09. The number of hydrogen-bond donors (Lipinski definition) is 2. The zero-order valence-corrected chi connectivity index (χ0v) is 17.3. The average molecular weight is 464 g/mol. The molecule has 1 aliphatic rings. The van der Waals surface area contributed by atoms with Crippen LogP contribution in [0, 0.1) is 12.8 Å². The number of ether oxygens (including phenoxy) is 1. The fraction of sp³-hybridized carbons (Fsp3) is 0.353. The fourth-order valence-electron chi connectivity index (χ4n) is 2.40. The van der Waals surface area contributed by atoms with Gasteiger partial charge >= 0.3 is 0 Å². The Morgan fingerprint density at radius 1 is 1.42 bits per heavy atom. The molecule has 142 valence electrons. The lowest BCUT2D eigenvalue weighted by Gasteiger charge is -2.10. The van der Waals surface area contributed by atoms with Crippen molar-refractivity contribution in [2.24, 2.45) is 5.92 Å². The second-order valence-corrected chi connectivity index (χ2v) is 8.46. The van der Waals surface area contributed by atoms with E-state index in [0.717, 1.165) is 29.9 Å². The molecule has 1 aromatic carbocycles. The first-order chi connectivity index (χ1) is 12.3. The molecule has 0 bridgehead atoms. The van der Waals surface area contributed by atoms with Crippen molar-refractivity contribution < 1.29 is 17.7 Å². The number of halogens is 2. The van der Waals surface area contributed by atoms with Gasteiger partial charge in [-0.3, -0.25) is 4.55 Å². The zero-order valence-electron chi connectivity index (χ0n) is 14.2. The monoisotopic (exact) mass is 462 g/mol. The molecule has 2 heterocycles. The summed E-state index contributed by atoms with van der Waals surface area (Å²) in [6.45, 7) is 4.50. The molecule has 1 unspecified atom stereocenters. The van der Waals surface area contributed by atoms with E-state index >= 15 is 0 Å². The van der Waals surface area contributed by atoms with Gasteiger partial charge in [-0.15, -0.1) is 0 Å². The van der Waals surface area contributed by atoms with Gasteiger partial charge in [0, 0.05) is 12.5 Å². The van der Waals surface area contributed by atoms with Crippen LogP contribution < -0.4 is 10.1 Å². The number of nitrogens with zero attached hydrogens (tertiary/aromatic N) is 1. The Morgan fingerprint density at radius 2 is 2.15 bits per heavy atom. The number of hydrogen-bond acceptors (Lipinski definition) is 5. The second kappa shape index (κ2) is 9.66. The summed E-state index contributed by atoms with van der Waals surface area (Å²) in [5.41, 5.74) is 0.551. The molecule has 2 aromatic rings. The minimum atomic E-state index is -4.03. The van der Waals surface area contributed by atoms with Crippen molar-refractivity contribution in [2.45, 2.75) is 18.2 Å². The third kappa shape index (κ3) is 6.51. The van der Waals surface area contributed by atoms with Crippen LogP contribution in [-0.2, 0) is 10.1 Å². The van der Waals surface area contributed by atoms with E-state index in [1.165, 1.54) is 12.5 Å². The summed E-state index contributed by atoms with van der Waals surface area (Å²) in [7, 11) is -4.03. The molecule has 1 aliphatic heterocycles. The molecule has 1 aromatic heterocycles. The lowest BCUT2D eigenvalue weighted by atomic mass is 10.1. The molecule has 2 N–H and O–H groups in total. The van der Waals surface area contributed by atoms with Crippen molar-refractivity contribution in [3.8, 4) is 5.75 Å². The summed E-state index contributed by atoms with van der Waals surface area (Å²) < 4.78 is 36.3. The van der Waals surface area contributed by atoms with E-state index in [-0.39, 0.29) is 4.90 Å². The molecule has 3 rings (SSSR count). The van der Waals surface area contributed by atoms with Crippen LogP contribution in [0.5, 0.6) is 5.75 Å². The van der Waals surface area contributed by atoms with E-state index in [9.17, 15) is 8.42 Å². The topological polar surface area (TPSA) is 88.5 Å². The van der Waals surface area contributed by atoms with Crippen LogP contribution in [0.15, 0.2) is 45.9 Å². The third-order valence-electron chi connectivity index (χ3n) is 3.79. The number of aromatic nitrogens is 1. The van der Waals surface area contributed by atoms with Gasteiger partial charge in [0.25, 0.3) is 10.1 Å². The van der Waals surface area contributed by atoms with E-state index in [1.54, 1.807) is 31.3 Å². The molecule has 0 spiro atoms. The van der Waals surface area contributed by atoms with Crippen LogP contribution in [0.4, 0.5) is 0 Å². The van der Waals surface area contributed by atoms with E-state index < -0.39 is 10.1 Å². The maximum Gasteiger partial charge on any atom is 0.294 e. The first-order valence-electron chi connectivity index (χ1n) is 7.95. The Balaban J connectivity index is 0.000000197. The Labute approximate surface area is 166 Å². The summed E-state index contributed by atoms with van der Waals surface area (Å²) in [5.74, 6) is 1.37. The predicted molar refractivity (Wildman–Crippen MR) is 104 cm³/mol. The lowest BCUT2D eigenvalue weighted by Crippen LogP contribution is -2.15. The van der Waals surface area contributed by atoms with Crippen LogP contribution in [0.25, 0.3) is 0 Å². The SMILES string of the molecule is Cc1ccccc1S(=O)(=O)O.Clc1ncc(OCC2CCNC2)cc1Br. The Bertz CT molecular complexity index is 842. The third-order valence-corrected chi connectivity index (χ3v) is 5.94. The highest BCUT2D eigenvalue weighted by Gasteiger charge is 2.15. The van der Waals surface area contributed by atoms with Crippen molar-refractivity contribution >= 4 is 37.6 Å². The van der Waals surface area contributed by atoms with Crippen molar-refractivity contribution in [2.75, 3.05) is 19.7 Å². The molecule has 1 saturated heterocycles. The van der Waals surface area contributed by atoms with Crippen LogP contribution >= 0.6 is 27.5 Å². The van der Waals surface area contributed by atoms with E-state index in [2.05, 4.69) is 26.2 Å². The quantitative estimate of drug-likeness (QED) is 0.530. The minimum Gasteiger partial charge on any atom is -0.492 e. The Morgan fingerprint density at radius 3 is 2.69 bits per heavy atom. The van der Waals surface area contributed by atoms with Gasteiger partial charge in [-0.05, 0) is 53.5 Å². The summed E-state index contributed by atoms with van der Waals surface area (Å²) in [6.07, 6.45) is 2.83. The van der Waals surface area contributed by atoms with E-state index in [1.807, 2.05) is 6.07 Å². The molecule has 6 nitrogen and oxygen atoms in total. The van der Waals surface area contributed by atoms with Gasteiger partial charge in [0.1, 0.15) is 10.9 Å². The largest absolute Gasteiger partial charge is 0.492 e. The lowest BCUT2D eigenvalue weighted by molar-refractivity contribution is 0.259. The number of pyridine rings is 1. The Kier molecular flexibility index (Phi) is 7.85. The number of benzene rings is 1. The molecule has 0 saturated carbocycles. The molecule has 9 heteroatoms. The first kappa shape index (κ1) is 21.1. The van der Waals surface area contributed by atoms with Crippen LogP contribution in [0.2, 0.25) is 5.15 Å². The molecular weight excluding hydrogens is 444 g/mol. The first-order valence-corrected chi connectivity index (χ1v) is 10.6. The van der Waals surface area contributed by atoms with Gasteiger partial charge in [0.15, 0.2) is 0 Å². The molecule has 0 radical (unpaired) electrons. The highest BCUT2D eigenvalue weighted by Crippen LogP contribution is 2.24. The highest BCUT2D eigenvalue weighted by atomic mass is 79.9. The smallest absolute Gasteiger partial charge is 0.294 e. The normalized spacial score (nSPS) is 16.7. The van der Waals surface area contributed by atoms with Crippen molar-refractivity contribution in [3.05, 3.63) is 51.7 Å². The summed E-state index contributed by atoms with van der Waals surface area (Å²) in [5, 5.41) is 3.77. The van der Waals surface area contributed by atoms with E-state index in [4.69, 9.17) is 20.9 Å². The van der Waals surface area contributed by atoms with Gasteiger partial charge in [-0.2, -0.15) is 8.42 Å². The van der Waals surface area contributed by atoms with Crippen LogP contribution in [0.3, 0.4) is 0 Å². The number of nitrogens with one attached hydrogen (secondary N) is 1.